The third kappa shape index (κ3) is 21.1. The lowest BCUT2D eigenvalue weighted by Crippen LogP contribution is -2.50. The minimum absolute atomic E-state index is 0.00431. The average molecular weight is 1490 g/mol. The monoisotopic (exact) mass is 1490 g/mol. The van der Waals surface area contributed by atoms with E-state index >= 15 is 0 Å². The fraction of sp³-hybridized carbons (Fsp3) is 0.530. The second-order valence-electron chi connectivity index (χ2n) is 25.3. The zero-order valence-corrected chi connectivity index (χ0v) is 60.1. The Labute approximate surface area is 604 Å². The van der Waals surface area contributed by atoms with Gasteiger partial charge in [-0.05, 0) is 87.3 Å². The summed E-state index contributed by atoms with van der Waals surface area (Å²) in [6.07, 6.45) is 10.5. The number of Topliss-reactive ketones (excluding diaryl/α,β-unsaturated/α-hetero) is 1. The Morgan fingerprint density at radius 3 is 1.38 bits per heavy atom. The van der Waals surface area contributed by atoms with Gasteiger partial charge in [-0.25, -0.2) is 29.8 Å². The van der Waals surface area contributed by atoms with Crippen molar-refractivity contribution in [1.82, 2.24) is 71.0 Å². The van der Waals surface area contributed by atoms with Gasteiger partial charge in [0.05, 0.1) is 42.8 Å². The van der Waals surface area contributed by atoms with E-state index in [0.29, 0.717) is 120 Å². The first-order valence-corrected chi connectivity index (χ1v) is 37.4. The SMILES string of the molecule is CCCC(=O)CNC(=O)[C@@H]1CC[C@@H]2CN1C(=O)N2OCc1ccccc1.CCCC(=O)NN.CCCc1nnc([C@@H]2CC[C@@H]3CN2C(=O)N3OCc2ccccc2)s1.NC(N)=NCCc1nnc([C@@H]2CC[C@@H]3CN2C(=O)N3OS(=O)(=O)O)s1.O=C(O)[C@@H]1CC[C@@H]2CN1C(=O)N2OCc1ccccc1. The first-order chi connectivity index (χ1) is 49.6. The molecule has 8 bridgehead atoms. The number of aliphatic carboxylic acids is 1. The number of guanidine groups is 1. The van der Waals surface area contributed by atoms with E-state index in [-0.39, 0.29) is 78.4 Å². The molecule has 8 fully saturated rings. The normalized spacial score (nSPS) is 22.1. The molecular weight excluding hydrogens is 1400 g/mol. The van der Waals surface area contributed by atoms with Crippen LogP contribution < -0.4 is 28.1 Å². The molecule has 0 spiro atoms. The number of hydrazine groups is 1. The number of urea groups is 4. The predicted octanol–water partition coefficient (Wildman–Crippen LogP) is 5.71. The topological polar surface area (TPSA) is 440 Å². The summed E-state index contributed by atoms with van der Waals surface area (Å²) in [6.45, 7) is 9.38. The third-order valence-corrected chi connectivity index (χ3v) is 20.5. The Balaban J connectivity index is 0.000000155. The molecule has 0 unspecified atom stereocenters. The molecule has 103 heavy (non-hydrogen) atoms. The van der Waals surface area contributed by atoms with Crippen LogP contribution in [0.3, 0.4) is 0 Å². The van der Waals surface area contributed by atoms with Crippen LogP contribution in [0.4, 0.5) is 19.2 Å². The Bertz CT molecular complexity index is 3820. The summed E-state index contributed by atoms with van der Waals surface area (Å²) < 4.78 is 35.0. The van der Waals surface area contributed by atoms with Gasteiger partial charge in [0.1, 0.15) is 51.9 Å². The highest BCUT2D eigenvalue weighted by molar-refractivity contribution is 7.80. The molecule has 13 rings (SSSR count). The molecule has 8 aliphatic heterocycles. The zero-order chi connectivity index (χ0) is 73.7. The van der Waals surface area contributed by atoms with Gasteiger partial charge in [0.15, 0.2) is 11.7 Å². The van der Waals surface area contributed by atoms with Crippen molar-refractivity contribution in [2.75, 3.05) is 39.3 Å². The van der Waals surface area contributed by atoms with Gasteiger partial charge in [-0.2, -0.15) is 28.7 Å². The number of hydroxylamine groups is 8. The number of benzene rings is 3. The van der Waals surface area contributed by atoms with Crippen LogP contribution in [0.1, 0.15) is 153 Å². The number of aromatic nitrogens is 4. The second-order valence-corrected chi connectivity index (χ2v) is 28.5. The molecule has 37 heteroatoms. The lowest BCUT2D eigenvalue weighted by atomic mass is 10.0. The van der Waals surface area contributed by atoms with Gasteiger partial charge in [-0.3, -0.25) is 43.9 Å². The number of aryl methyl sites for hydroxylation is 1. The largest absolute Gasteiger partial charge is 0.480 e. The number of carbonyl (C=O) groups is 8. The number of nitrogens with two attached hydrogens (primary N) is 3. The summed E-state index contributed by atoms with van der Waals surface area (Å²) in [5, 5.41) is 37.0. The first kappa shape index (κ1) is 78.1. The van der Waals surface area contributed by atoms with E-state index in [1.54, 1.807) is 21.3 Å². The number of carboxylic acids is 1. The number of rotatable bonds is 26. The number of nitrogens with one attached hydrogen (secondary N) is 2. The lowest BCUT2D eigenvalue weighted by Gasteiger charge is -2.29. The van der Waals surface area contributed by atoms with Crippen molar-refractivity contribution in [1.29, 1.82) is 0 Å². The van der Waals surface area contributed by atoms with Gasteiger partial charge in [0, 0.05) is 58.4 Å². The number of hydrogen-bond donors (Lipinski definition) is 7. The van der Waals surface area contributed by atoms with Gasteiger partial charge >= 0.3 is 40.5 Å². The molecule has 0 aliphatic carbocycles. The minimum atomic E-state index is -4.75. The minimum Gasteiger partial charge on any atom is -0.480 e. The molecule has 5 aromatic rings. The molecule has 10 N–H and O–H groups in total. The van der Waals surface area contributed by atoms with Gasteiger partial charge in [0.25, 0.3) is 0 Å². The smallest absolute Gasteiger partial charge is 0.418 e. The van der Waals surface area contributed by atoms with E-state index in [0.717, 1.165) is 70.2 Å². The maximum absolute atomic E-state index is 12.8. The van der Waals surface area contributed by atoms with Crippen LogP contribution in [0.25, 0.3) is 0 Å². The molecule has 2 aromatic heterocycles. The average Bonchev–Trinajstić information content (AvgIpc) is 1.64. The van der Waals surface area contributed by atoms with Crippen molar-refractivity contribution in [3.05, 3.63) is 128 Å². The molecule has 0 radical (unpaired) electrons. The molecular formula is C66H90N18O16S3. The summed E-state index contributed by atoms with van der Waals surface area (Å²) in [5.41, 5.74) is 15.6. The summed E-state index contributed by atoms with van der Waals surface area (Å²) in [5.74, 6) is 3.48. The summed E-state index contributed by atoms with van der Waals surface area (Å²) >= 11 is 2.99. The van der Waals surface area contributed by atoms with E-state index in [9.17, 15) is 46.8 Å². The molecule has 34 nitrogen and oxygen atoms in total. The Kier molecular flexibility index (Phi) is 28.3. The number of piperidine rings is 4. The van der Waals surface area contributed by atoms with Crippen LogP contribution in [-0.2, 0) is 81.0 Å². The Morgan fingerprint density at radius 1 is 0.553 bits per heavy atom. The van der Waals surface area contributed by atoms with E-state index in [1.165, 1.54) is 31.3 Å². The van der Waals surface area contributed by atoms with E-state index in [2.05, 4.69) is 41.9 Å². The van der Waals surface area contributed by atoms with Gasteiger partial charge in [-0.1, -0.05) is 134 Å². The van der Waals surface area contributed by atoms with Crippen molar-refractivity contribution < 1.29 is 75.2 Å². The maximum atomic E-state index is 12.8. The van der Waals surface area contributed by atoms with Gasteiger partial charge < -0.3 is 41.5 Å². The van der Waals surface area contributed by atoms with Crippen LogP contribution in [0.15, 0.2) is 96.0 Å². The number of aliphatic imine (C=N–C) groups is 1. The van der Waals surface area contributed by atoms with Crippen LogP contribution >= 0.6 is 22.7 Å². The maximum Gasteiger partial charge on any atom is 0.418 e. The lowest BCUT2D eigenvalue weighted by molar-refractivity contribution is -0.143. The van der Waals surface area contributed by atoms with E-state index in [1.807, 2.05) is 115 Å². The quantitative estimate of drug-likeness (QED) is 0.00870. The fourth-order valence-electron chi connectivity index (χ4n) is 12.9. The molecule has 0 saturated carbocycles. The Hall–Kier alpha value is -9.08. The number of amides is 10. The number of carbonyl (C=O) groups excluding carboxylic acids is 7. The number of hydrogen-bond acceptors (Lipinski definition) is 22. The van der Waals surface area contributed by atoms with E-state index in [4.69, 9.17) is 41.5 Å². The van der Waals surface area contributed by atoms with Gasteiger partial charge in [0.2, 0.25) is 11.8 Å². The molecule has 8 atom stereocenters. The van der Waals surface area contributed by atoms with Crippen molar-refractivity contribution in [2.45, 2.75) is 185 Å². The fourth-order valence-corrected chi connectivity index (χ4v) is 15.4. The van der Waals surface area contributed by atoms with Crippen molar-refractivity contribution in [3.63, 3.8) is 0 Å². The van der Waals surface area contributed by atoms with Crippen molar-refractivity contribution in [3.8, 4) is 0 Å². The zero-order valence-electron chi connectivity index (χ0n) is 57.6. The van der Waals surface area contributed by atoms with Crippen LogP contribution in [-0.4, -0.2) is 207 Å². The second kappa shape index (κ2) is 37.4. The predicted molar refractivity (Wildman–Crippen MR) is 373 cm³/mol. The standard InChI is InChI=1S/C19H25N3O4.C18H22N4O2S.C14H16N2O4.C11H17N7O5S2.C4H10N2O/c1-2-6-16(23)11-20-18(24)17-10-9-15-12-21(17)19(25)22(15)26-13-14-7-4-3-5-8-14;1-2-6-16-19-20-17(25-16)15-10-9-14-11-21(15)18(23)22(14)24-12-13-7-4-3-5-8-13;17-13(18)12-7-6-11-8-15(12)14(19)16(11)20-9-10-4-2-1-3-5-10;12-10(13)14-4-3-8-15-16-9(24-8)7-2-1-6-5-17(7)11(19)18(6)23-25(20,21)22;1-2-3-4(7)6-5/h3-5,7-8,15,17H,2,6,9-13H2,1H3,(H,20,24);3-5,7-8,14-15H,2,6,9-12H2,1H3;1-5,11-12H,6-9H2,(H,17,18);6-7H,1-5H2,(H4,12,13,14)(H,20,21,22);2-3,5H2,1H3,(H,6,7)/t15-,17+;14-,15+;11-,12+;6-,7+;/m1111./s1. The number of fused-ring (bicyclic) bond motifs is 8. The first-order valence-electron chi connectivity index (χ1n) is 34.4. The molecule has 8 aliphatic rings. The molecule has 3 aromatic carbocycles. The Morgan fingerprint density at radius 2 is 0.961 bits per heavy atom. The van der Waals surface area contributed by atoms with Crippen LogP contribution in [0.2, 0.25) is 0 Å². The highest BCUT2D eigenvalue weighted by Crippen LogP contribution is 2.42. The number of nitrogens with zero attached hydrogens (tertiary/aromatic N) is 13. The summed E-state index contributed by atoms with van der Waals surface area (Å²) in [6, 6.07) is 26.0. The van der Waals surface area contributed by atoms with Crippen LogP contribution in [0, 0.1) is 0 Å². The molecule has 8 saturated heterocycles. The highest BCUT2D eigenvalue weighted by atomic mass is 32.3. The summed E-state index contributed by atoms with van der Waals surface area (Å²) in [7, 11) is -4.75. The molecule has 10 amide bonds. The van der Waals surface area contributed by atoms with Crippen molar-refractivity contribution in [2.24, 2.45) is 22.3 Å². The molecule has 558 valence electrons. The number of ketones is 1. The van der Waals surface area contributed by atoms with E-state index < -0.39 is 40.5 Å². The molecule has 10 heterocycles. The van der Waals surface area contributed by atoms with Crippen molar-refractivity contribution >= 4 is 86.7 Å². The summed E-state index contributed by atoms with van der Waals surface area (Å²) in [4.78, 5) is 123. The van der Waals surface area contributed by atoms with Crippen LogP contribution in [0.5, 0.6) is 0 Å². The third-order valence-electron chi connectivity index (χ3n) is 17.9. The highest BCUT2D eigenvalue weighted by Gasteiger charge is 2.52. The van der Waals surface area contributed by atoms with Gasteiger partial charge in [-0.15, -0.1) is 24.7 Å². The number of carboxylic acid groups (broad SMARTS) is 1.